The first-order chi connectivity index (χ1) is 11.3. The molecule has 2 aromatic rings. The van der Waals surface area contributed by atoms with Crippen molar-refractivity contribution in [3.63, 3.8) is 0 Å². The summed E-state index contributed by atoms with van der Waals surface area (Å²) in [5.74, 6) is 0.384. The normalized spacial score (nSPS) is 12.5. The number of anilines is 1. The number of hydrogen-bond acceptors (Lipinski definition) is 4. The molecule has 0 aliphatic carbocycles. The van der Waals surface area contributed by atoms with Gasteiger partial charge < -0.3 is 15.2 Å². The topological polar surface area (TPSA) is 61.5 Å². The molecule has 0 heterocycles. The molecule has 0 amide bonds. The van der Waals surface area contributed by atoms with Crippen molar-refractivity contribution in [2.24, 2.45) is 0 Å². The quantitative estimate of drug-likeness (QED) is 0.639. The summed E-state index contributed by atoms with van der Waals surface area (Å²) < 4.78 is 11.3. The minimum Gasteiger partial charge on any atom is -0.493 e. The van der Waals surface area contributed by atoms with Crippen LogP contribution in [0.1, 0.15) is 38.7 Å². The van der Waals surface area contributed by atoms with E-state index in [4.69, 9.17) is 15.2 Å². The Balaban J connectivity index is 2.07. The molecule has 4 heteroatoms. The van der Waals surface area contributed by atoms with E-state index in [0.717, 1.165) is 5.56 Å². The molecular formula is C20H25NO3. The van der Waals surface area contributed by atoms with E-state index in [-0.39, 0.29) is 18.3 Å². The highest BCUT2D eigenvalue weighted by Gasteiger charge is 2.22. The van der Waals surface area contributed by atoms with E-state index in [1.807, 2.05) is 69.3 Å². The predicted octanol–water partition coefficient (Wildman–Crippen LogP) is 4.16. The SMILES string of the molecule is CC(C)(C)OC(=O)CC(COc1cccc(N)c1)c1ccccc1. The summed E-state index contributed by atoms with van der Waals surface area (Å²) in [5.41, 5.74) is 6.98. The highest BCUT2D eigenvalue weighted by atomic mass is 16.6. The number of esters is 1. The monoisotopic (exact) mass is 327 g/mol. The maximum absolute atomic E-state index is 12.2. The molecule has 128 valence electrons. The molecule has 2 rings (SSSR count). The molecule has 0 spiro atoms. The van der Waals surface area contributed by atoms with Crippen molar-refractivity contribution in [2.45, 2.75) is 38.7 Å². The van der Waals surface area contributed by atoms with Crippen LogP contribution in [0.5, 0.6) is 5.75 Å². The van der Waals surface area contributed by atoms with E-state index in [2.05, 4.69) is 0 Å². The summed E-state index contributed by atoms with van der Waals surface area (Å²) >= 11 is 0. The molecule has 0 bridgehead atoms. The summed E-state index contributed by atoms with van der Waals surface area (Å²) in [5, 5.41) is 0. The fourth-order valence-electron chi connectivity index (χ4n) is 2.38. The Hall–Kier alpha value is -2.49. The van der Waals surface area contributed by atoms with Crippen molar-refractivity contribution in [3.8, 4) is 5.75 Å². The Labute approximate surface area is 143 Å². The molecule has 0 saturated heterocycles. The zero-order valence-corrected chi connectivity index (χ0v) is 14.5. The molecule has 24 heavy (non-hydrogen) atoms. The lowest BCUT2D eigenvalue weighted by Crippen LogP contribution is -2.26. The maximum atomic E-state index is 12.2. The van der Waals surface area contributed by atoms with Crippen LogP contribution >= 0.6 is 0 Å². The van der Waals surface area contributed by atoms with Gasteiger partial charge in [-0.15, -0.1) is 0 Å². The van der Waals surface area contributed by atoms with E-state index >= 15 is 0 Å². The molecule has 2 aromatic carbocycles. The summed E-state index contributed by atoms with van der Waals surface area (Å²) in [4.78, 5) is 12.2. The van der Waals surface area contributed by atoms with Crippen LogP contribution in [0.2, 0.25) is 0 Å². The summed E-state index contributed by atoms with van der Waals surface area (Å²) in [6, 6.07) is 17.1. The Morgan fingerprint density at radius 2 is 1.79 bits per heavy atom. The third-order valence-corrected chi connectivity index (χ3v) is 3.41. The minimum absolute atomic E-state index is 0.0810. The van der Waals surface area contributed by atoms with Crippen molar-refractivity contribution in [3.05, 3.63) is 60.2 Å². The third kappa shape index (κ3) is 5.95. The number of nitrogens with two attached hydrogens (primary N) is 1. The fraction of sp³-hybridized carbons (Fsp3) is 0.350. The van der Waals surface area contributed by atoms with Crippen molar-refractivity contribution in [1.29, 1.82) is 0 Å². The number of benzene rings is 2. The van der Waals surface area contributed by atoms with Gasteiger partial charge in [0.1, 0.15) is 11.4 Å². The second-order valence-electron chi connectivity index (χ2n) is 6.78. The maximum Gasteiger partial charge on any atom is 0.307 e. The first-order valence-corrected chi connectivity index (χ1v) is 8.08. The van der Waals surface area contributed by atoms with Gasteiger partial charge in [0.05, 0.1) is 13.0 Å². The van der Waals surface area contributed by atoms with Crippen molar-refractivity contribution < 1.29 is 14.3 Å². The van der Waals surface area contributed by atoms with Crippen LogP contribution in [0.3, 0.4) is 0 Å². The lowest BCUT2D eigenvalue weighted by atomic mass is 9.96. The van der Waals surface area contributed by atoms with Crippen LogP contribution < -0.4 is 10.5 Å². The van der Waals surface area contributed by atoms with Gasteiger partial charge >= 0.3 is 5.97 Å². The number of nitrogen functional groups attached to an aromatic ring is 1. The van der Waals surface area contributed by atoms with Crippen LogP contribution in [-0.4, -0.2) is 18.2 Å². The van der Waals surface area contributed by atoms with Crippen LogP contribution in [0.15, 0.2) is 54.6 Å². The molecule has 2 N–H and O–H groups in total. The van der Waals surface area contributed by atoms with Crippen LogP contribution in [0.25, 0.3) is 0 Å². The highest BCUT2D eigenvalue weighted by Crippen LogP contribution is 2.24. The highest BCUT2D eigenvalue weighted by molar-refractivity contribution is 5.71. The van der Waals surface area contributed by atoms with Crippen molar-refractivity contribution >= 4 is 11.7 Å². The molecule has 1 unspecified atom stereocenters. The van der Waals surface area contributed by atoms with Crippen molar-refractivity contribution in [2.75, 3.05) is 12.3 Å². The summed E-state index contributed by atoms with van der Waals surface area (Å²) in [6.45, 7) is 5.98. The third-order valence-electron chi connectivity index (χ3n) is 3.41. The standard InChI is InChI=1S/C20H25NO3/c1-20(2,3)24-19(22)12-16(15-8-5-4-6-9-15)14-23-18-11-7-10-17(21)13-18/h4-11,13,16H,12,14,21H2,1-3H3. The molecule has 1 atom stereocenters. The molecule has 0 aliphatic rings. The summed E-state index contributed by atoms with van der Waals surface area (Å²) in [7, 11) is 0. The van der Waals surface area contributed by atoms with E-state index in [1.165, 1.54) is 0 Å². The molecule has 0 saturated carbocycles. The van der Waals surface area contributed by atoms with Crippen LogP contribution in [0.4, 0.5) is 5.69 Å². The molecule has 0 aromatic heterocycles. The fourth-order valence-corrected chi connectivity index (χ4v) is 2.38. The molecular weight excluding hydrogens is 302 g/mol. The molecule has 0 aliphatic heterocycles. The van der Waals surface area contributed by atoms with E-state index in [1.54, 1.807) is 6.07 Å². The number of rotatable bonds is 6. The van der Waals surface area contributed by atoms with Gasteiger partial charge in [-0.2, -0.15) is 0 Å². The van der Waals surface area contributed by atoms with Gasteiger partial charge in [-0.25, -0.2) is 0 Å². The zero-order valence-electron chi connectivity index (χ0n) is 14.5. The Morgan fingerprint density at radius 3 is 2.42 bits per heavy atom. The van der Waals surface area contributed by atoms with E-state index in [0.29, 0.717) is 18.0 Å². The van der Waals surface area contributed by atoms with Gasteiger partial charge in [0.2, 0.25) is 0 Å². The average molecular weight is 327 g/mol. The smallest absolute Gasteiger partial charge is 0.307 e. The minimum atomic E-state index is -0.493. The largest absolute Gasteiger partial charge is 0.493 e. The van der Waals surface area contributed by atoms with Gasteiger partial charge in [0, 0.05) is 17.7 Å². The van der Waals surface area contributed by atoms with E-state index < -0.39 is 5.60 Å². The Bertz CT molecular complexity index is 662. The first kappa shape index (κ1) is 17.9. The number of carbonyl (C=O) groups is 1. The Morgan fingerprint density at radius 1 is 1.08 bits per heavy atom. The molecule has 0 radical (unpaired) electrons. The zero-order chi connectivity index (χ0) is 17.6. The second-order valence-corrected chi connectivity index (χ2v) is 6.78. The predicted molar refractivity (Wildman–Crippen MR) is 96.0 cm³/mol. The lowest BCUT2D eigenvalue weighted by Gasteiger charge is -2.23. The summed E-state index contributed by atoms with van der Waals surface area (Å²) in [6.07, 6.45) is 0.267. The van der Waals surface area contributed by atoms with Gasteiger partial charge in [-0.05, 0) is 38.5 Å². The second kappa shape index (κ2) is 7.86. The van der Waals surface area contributed by atoms with Crippen LogP contribution in [-0.2, 0) is 9.53 Å². The van der Waals surface area contributed by atoms with Crippen molar-refractivity contribution in [1.82, 2.24) is 0 Å². The lowest BCUT2D eigenvalue weighted by molar-refractivity contribution is -0.155. The first-order valence-electron chi connectivity index (χ1n) is 8.08. The number of ether oxygens (including phenoxy) is 2. The van der Waals surface area contributed by atoms with Gasteiger partial charge in [-0.1, -0.05) is 36.4 Å². The average Bonchev–Trinajstić information content (AvgIpc) is 2.50. The number of hydrogen-bond donors (Lipinski definition) is 1. The Kier molecular flexibility index (Phi) is 5.85. The van der Waals surface area contributed by atoms with E-state index in [9.17, 15) is 4.79 Å². The van der Waals surface area contributed by atoms with Crippen LogP contribution in [0, 0.1) is 0 Å². The van der Waals surface area contributed by atoms with Gasteiger partial charge in [0.25, 0.3) is 0 Å². The molecule has 4 nitrogen and oxygen atoms in total. The van der Waals surface area contributed by atoms with Gasteiger partial charge in [-0.3, -0.25) is 4.79 Å². The van der Waals surface area contributed by atoms with Gasteiger partial charge in [0.15, 0.2) is 0 Å². The number of carbonyl (C=O) groups excluding carboxylic acids is 1. The molecule has 0 fully saturated rings.